The van der Waals surface area contributed by atoms with E-state index < -0.39 is 18.2 Å². The zero-order valence-electron chi connectivity index (χ0n) is 18.0. The van der Waals surface area contributed by atoms with Gasteiger partial charge in [-0.05, 0) is 49.9 Å². The molecule has 1 amide bonds. The summed E-state index contributed by atoms with van der Waals surface area (Å²) in [6, 6.07) is 10.2. The van der Waals surface area contributed by atoms with Crippen LogP contribution in [0.4, 0.5) is 16.2 Å². The van der Waals surface area contributed by atoms with Crippen LogP contribution in [0.3, 0.4) is 0 Å². The molecule has 2 aliphatic heterocycles. The van der Waals surface area contributed by atoms with Crippen LogP contribution < -0.4 is 9.80 Å². The van der Waals surface area contributed by atoms with Gasteiger partial charge in [0.05, 0.1) is 32.0 Å². The summed E-state index contributed by atoms with van der Waals surface area (Å²) in [6.45, 7) is 4.53. The maximum Gasteiger partial charge on any atom is 0.414 e. The van der Waals surface area contributed by atoms with E-state index in [4.69, 9.17) is 14.7 Å². The zero-order valence-corrected chi connectivity index (χ0v) is 18.0. The number of nitriles is 1. The number of cyclic esters (lactones) is 1. The lowest BCUT2D eigenvalue weighted by Crippen LogP contribution is -2.33. The Morgan fingerprint density at radius 2 is 1.97 bits per heavy atom. The monoisotopic (exact) mass is 438 g/mol. The fourth-order valence-electron chi connectivity index (χ4n) is 4.09. The first-order chi connectivity index (χ1) is 15.6. The summed E-state index contributed by atoms with van der Waals surface area (Å²) in [7, 11) is 0. The number of piperidine rings is 1. The third kappa shape index (κ3) is 4.82. The van der Waals surface area contributed by atoms with Crippen LogP contribution in [0.1, 0.15) is 36.7 Å². The average molecular weight is 438 g/mol. The molecule has 0 spiro atoms. The van der Waals surface area contributed by atoms with Crippen molar-refractivity contribution in [3.8, 4) is 6.07 Å². The van der Waals surface area contributed by atoms with Crippen LogP contribution in [0.15, 0.2) is 30.5 Å². The number of ether oxygens (including phenoxy) is 2. The normalized spacial score (nSPS) is 19.0. The summed E-state index contributed by atoms with van der Waals surface area (Å²) in [4.78, 5) is 28.0. The average Bonchev–Trinajstić information content (AvgIpc) is 3.41. The van der Waals surface area contributed by atoms with E-state index in [2.05, 4.69) is 21.3 Å². The van der Waals surface area contributed by atoms with Crippen LogP contribution in [0.25, 0.3) is 0 Å². The number of amides is 1. The van der Waals surface area contributed by atoms with Gasteiger partial charge in [0.15, 0.2) is 5.69 Å². The molecule has 10 heteroatoms. The first kappa shape index (κ1) is 21.6. The van der Waals surface area contributed by atoms with Crippen LogP contribution >= 0.6 is 0 Å². The Labute approximate surface area is 186 Å². The van der Waals surface area contributed by atoms with Gasteiger partial charge in [0.1, 0.15) is 6.10 Å². The van der Waals surface area contributed by atoms with Crippen molar-refractivity contribution in [2.24, 2.45) is 5.92 Å². The Bertz CT molecular complexity index is 991. The van der Waals surface area contributed by atoms with Gasteiger partial charge < -0.3 is 14.4 Å². The standard InChI is InChI=1S/C22H26N6O4/c1-2-31-21(29)20-15-27(25-24-20)13-19-14-28(22(30)32-19)18-5-3-17(4-6-18)26-11-8-16(7-10-23)9-12-26/h3-6,15-16,19H,2,7-9,11-14H2,1H3/t19-/m0/s1. The van der Waals surface area contributed by atoms with Crippen LogP contribution in [0, 0.1) is 17.2 Å². The van der Waals surface area contributed by atoms with Crippen molar-refractivity contribution < 1.29 is 19.1 Å². The second-order valence-electron chi connectivity index (χ2n) is 7.97. The predicted molar refractivity (Wildman–Crippen MR) is 115 cm³/mol. The van der Waals surface area contributed by atoms with E-state index in [1.165, 1.54) is 10.9 Å². The van der Waals surface area contributed by atoms with Crippen LogP contribution in [-0.2, 0) is 16.0 Å². The zero-order chi connectivity index (χ0) is 22.5. The Morgan fingerprint density at radius 1 is 1.25 bits per heavy atom. The molecule has 0 bridgehead atoms. The van der Waals surface area contributed by atoms with Gasteiger partial charge in [-0.15, -0.1) is 5.10 Å². The third-order valence-electron chi connectivity index (χ3n) is 5.81. The van der Waals surface area contributed by atoms with E-state index in [-0.39, 0.29) is 12.3 Å². The molecule has 4 rings (SSSR count). The van der Waals surface area contributed by atoms with Crippen molar-refractivity contribution in [2.75, 3.05) is 36.0 Å². The quantitative estimate of drug-likeness (QED) is 0.606. The minimum Gasteiger partial charge on any atom is -0.461 e. The van der Waals surface area contributed by atoms with E-state index in [9.17, 15) is 9.59 Å². The highest BCUT2D eigenvalue weighted by atomic mass is 16.6. The van der Waals surface area contributed by atoms with Gasteiger partial charge in [-0.3, -0.25) is 4.90 Å². The molecule has 0 N–H and O–H groups in total. The summed E-state index contributed by atoms with van der Waals surface area (Å²) >= 11 is 0. The lowest BCUT2D eigenvalue weighted by Gasteiger charge is -2.33. The molecule has 32 heavy (non-hydrogen) atoms. The molecule has 168 valence electrons. The molecule has 0 aliphatic carbocycles. The number of benzene rings is 1. The van der Waals surface area contributed by atoms with Gasteiger partial charge in [-0.25, -0.2) is 14.3 Å². The maximum absolute atomic E-state index is 12.4. The molecule has 2 saturated heterocycles. The number of hydrogen-bond donors (Lipinski definition) is 0. The summed E-state index contributed by atoms with van der Waals surface area (Å²) in [5, 5.41) is 16.6. The molecule has 10 nitrogen and oxygen atoms in total. The topological polar surface area (TPSA) is 114 Å². The number of hydrogen-bond acceptors (Lipinski definition) is 8. The van der Waals surface area contributed by atoms with Crippen molar-refractivity contribution in [3.05, 3.63) is 36.2 Å². The highest BCUT2D eigenvalue weighted by Gasteiger charge is 2.33. The van der Waals surface area contributed by atoms with Gasteiger partial charge in [-0.2, -0.15) is 5.26 Å². The first-order valence-corrected chi connectivity index (χ1v) is 10.8. The van der Waals surface area contributed by atoms with Crippen LogP contribution in [0.5, 0.6) is 0 Å². The van der Waals surface area contributed by atoms with Gasteiger partial charge in [0.25, 0.3) is 0 Å². The lowest BCUT2D eigenvalue weighted by atomic mass is 9.94. The number of carbonyl (C=O) groups excluding carboxylic acids is 2. The molecule has 1 aromatic heterocycles. The SMILES string of the molecule is CCOC(=O)c1cn(C[C@H]2CN(c3ccc(N4CCC(CC#N)CC4)cc3)C(=O)O2)nn1. The predicted octanol–water partition coefficient (Wildman–Crippen LogP) is 2.61. The van der Waals surface area contributed by atoms with Gasteiger partial charge in [-0.1, -0.05) is 5.21 Å². The molecule has 2 fully saturated rings. The fraction of sp³-hybridized carbons (Fsp3) is 0.500. The van der Waals surface area contributed by atoms with Gasteiger partial charge in [0, 0.05) is 30.9 Å². The minimum absolute atomic E-state index is 0.125. The molecule has 1 aromatic carbocycles. The number of esters is 1. The van der Waals surface area contributed by atoms with E-state index in [0.717, 1.165) is 37.3 Å². The highest BCUT2D eigenvalue weighted by Crippen LogP contribution is 2.28. The summed E-state index contributed by atoms with van der Waals surface area (Å²) in [5.41, 5.74) is 2.01. The Morgan fingerprint density at radius 3 is 2.66 bits per heavy atom. The van der Waals surface area contributed by atoms with Crippen molar-refractivity contribution in [2.45, 2.75) is 38.8 Å². The van der Waals surface area contributed by atoms with E-state index in [1.54, 1.807) is 11.8 Å². The smallest absolute Gasteiger partial charge is 0.414 e. The molecule has 3 heterocycles. The van der Waals surface area contributed by atoms with Gasteiger partial charge in [0.2, 0.25) is 0 Å². The van der Waals surface area contributed by atoms with Crippen molar-refractivity contribution in [1.82, 2.24) is 15.0 Å². The number of aromatic nitrogens is 3. The van der Waals surface area contributed by atoms with E-state index >= 15 is 0 Å². The highest BCUT2D eigenvalue weighted by molar-refractivity contribution is 5.90. The van der Waals surface area contributed by atoms with Crippen LogP contribution in [0.2, 0.25) is 0 Å². The molecule has 1 atom stereocenters. The van der Waals surface area contributed by atoms with Crippen molar-refractivity contribution in [3.63, 3.8) is 0 Å². The summed E-state index contributed by atoms with van der Waals surface area (Å²) < 4.78 is 11.9. The fourth-order valence-corrected chi connectivity index (χ4v) is 4.09. The third-order valence-corrected chi connectivity index (χ3v) is 5.81. The van der Waals surface area contributed by atoms with E-state index in [1.807, 2.05) is 24.3 Å². The summed E-state index contributed by atoms with van der Waals surface area (Å²) in [5.74, 6) is -0.0386. The van der Waals surface area contributed by atoms with Crippen molar-refractivity contribution >= 4 is 23.4 Å². The molecular weight excluding hydrogens is 412 g/mol. The van der Waals surface area contributed by atoms with Gasteiger partial charge >= 0.3 is 12.1 Å². The molecule has 0 saturated carbocycles. The second kappa shape index (κ2) is 9.68. The number of carbonyl (C=O) groups is 2. The number of nitrogens with zero attached hydrogens (tertiary/aromatic N) is 6. The minimum atomic E-state index is -0.529. The molecule has 0 radical (unpaired) electrons. The van der Waals surface area contributed by atoms with Crippen LogP contribution in [-0.4, -0.2) is 59.4 Å². The lowest BCUT2D eigenvalue weighted by molar-refractivity contribution is 0.0519. The number of rotatable bonds is 7. The number of anilines is 2. The molecule has 0 unspecified atom stereocenters. The first-order valence-electron chi connectivity index (χ1n) is 10.8. The molecule has 2 aliphatic rings. The van der Waals surface area contributed by atoms with E-state index in [0.29, 0.717) is 25.4 Å². The van der Waals surface area contributed by atoms with Crippen molar-refractivity contribution in [1.29, 1.82) is 5.26 Å². The maximum atomic E-state index is 12.4. The molecular formula is C22H26N6O4. The summed E-state index contributed by atoms with van der Waals surface area (Å²) in [6.07, 6.45) is 3.35. The Balaban J connectivity index is 1.33. The molecule has 2 aromatic rings. The largest absolute Gasteiger partial charge is 0.461 e. The Kier molecular flexibility index (Phi) is 6.54. The Hall–Kier alpha value is -3.61. The second-order valence-corrected chi connectivity index (χ2v) is 7.97.